The van der Waals surface area contributed by atoms with Gasteiger partial charge in [-0.25, -0.2) is 0 Å². The van der Waals surface area contributed by atoms with Crippen molar-refractivity contribution in [2.45, 2.75) is 58.0 Å². The Morgan fingerprint density at radius 2 is 1.89 bits per heavy atom. The van der Waals surface area contributed by atoms with Crippen LogP contribution in [0.25, 0.3) is 0 Å². The van der Waals surface area contributed by atoms with Crippen LogP contribution in [0.15, 0.2) is 18.2 Å². The summed E-state index contributed by atoms with van der Waals surface area (Å²) in [6.07, 6.45) is 7.04. The lowest BCUT2D eigenvalue weighted by atomic mass is 9.67. The SMILES string of the molecule is CC1CCCC(O)(c2ccc3c(c2)CCC3)C1C. The molecular weight excluding hydrogens is 220 g/mol. The molecule has 0 heterocycles. The van der Waals surface area contributed by atoms with E-state index >= 15 is 0 Å². The predicted molar refractivity (Wildman–Crippen MR) is 74.5 cm³/mol. The molecule has 0 radical (unpaired) electrons. The number of fused-ring (bicyclic) bond motifs is 1. The summed E-state index contributed by atoms with van der Waals surface area (Å²) >= 11 is 0. The van der Waals surface area contributed by atoms with Crippen LogP contribution in [0.4, 0.5) is 0 Å². The van der Waals surface area contributed by atoms with Crippen LogP contribution < -0.4 is 0 Å². The molecule has 1 nitrogen and oxygen atoms in total. The summed E-state index contributed by atoms with van der Waals surface area (Å²) in [5.41, 5.74) is 3.56. The summed E-state index contributed by atoms with van der Waals surface area (Å²) in [6.45, 7) is 4.50. The van der Waals surface area contributed by atoms with Crippen LogP contribution in [-0.4, -0.2) is 5.11 Å². The van der Waals surface area contributed by atoms with E-state index < -0.39 is 5.60 Å². The normalized spacial score (nSPS) is 35.5. The van der Waals surface area contributed by atoms with Gasteiger partial charge in [0, 0.05) is 0 Å². The predicted octanol–water partition coefficient (Wildman–Crippen LogP) is 3.82. The zero-order valence-corrected chi connectivity index (χ0v) is 11.6. The Hall–Kier alpha value is -0.820. The van der Waals surface area contributed by atoms with E-state index in [2.05, 4.69) is 32.0 Å². The van der Waals surface area contributed by atoms with Gasteiger partial charge in [0.2, 0.25) is 0 Å². The molecule has 18 heavy (non-hydrogen) atoms. The monoisotopic (exact) mass is 244 g/mol. The van der Waals surface area contributed by atoms with Crippen molar-refractivity contribution in [1.29, 1.82) is 0 Å². The molecule has 3 rings (SSSR count). The summed E-state index contributed by atoms with van der Waals surface area (Å²) in [4.78, 5) is 0. The lowest BCUT2D eigenvalue weighted by Crippen LogP contribution is -2.40. The van der Waals surface area contributed by atoms with Gasteiger partial charge in [-0.2, -0.15) is 0 Å². The first-order chi connectivity index (χ1) is 8.61. The fourth-order valence-electron chi connectivity index (χ4n) is 3.89. The van der Waals surface area contributed by atoms with E-state index in [0.717, 1.165) is 12.8 Å². The molecule has 3 unspecified atom stereocenters. The number of benzene rings is 1. The van der Waals surface area contributed by atoms with Crippen LogP contribution in [0.5, 0.6) is 0 Å². The number of aryl methyl sites for hydroxylation is 2. The third-order valence-corrected chi connectivity index (χ3v) is 5.42. The zero-order valence-electron chi connectivity index (χ0n) is 11.6. The molecule has 3 atom stereocenters. The van der Waals surface area contributed by atoms with Crippen molar-refractivity contribution in [1.82, 2.24) is 0 Å². The highest BCUT2D eigenvalue weighted by Gasteiger charge is 2.41. The Bertz CT molecular complexity index is 451. The largest absolute Gasteiger partial charge is 0.385 e. The number of aliphatic hydroxyl groups is 1. The van der Waals surface area contributed by atoms with Crippen LogP contribution in [-0.2, 0) is 18.4 Å². The van der Waals surface area contributed by atoms with Gasteiger partial charge >= 0.3 is 0 Å². The molecule has 98 valence electrons. The van der Waals surface area contributed by atoms with Gasteiger partial charge in [0.05, 0.1) is 5.60 Å². The molecular formula is C17H24O. The lowest BCUT2D eigenvalue weighted by Gasteiger charge is -2.42. The zero-order chi connectivity index (χ0) is 12.8. The van der Waals surface area contributed by atoms with Gasteiger partial charge in [-0.05, 0) is 60.6 Å². The summed E-state index contributed by atoms with van der Waals surface area (Å²) in [5.74, 6) is 0.989. The van der Waals surface area contributed by atoms with E-state index in [1.807, 2.05) is 0 Å². The average Bonchev–Trinajstić information content (AvgIpc) is 2.83. The van der Waals surface area contributed by atoms with Crippen molar-refractivity contribution in [3.05, 3.63) is 34.9 Å². The third kappa shape index (κ3) is 1.80. The van der Waals surface area contributed by atoms with Gasteiger partial charge in [-0.3, -0.25) is 0 Å². The standard InChI is InChI=1S/C17H24O/c1-12-5-4-10-17(18,13(12)2)16-9-8-14-6-3-7-15(14)11-16/h8-9,11-13,18H,3-7,10H2,1-2H3. The molecule has 0 amide bonds. The maximum absolute atomic E-state index is 11.1. The van der Waals surface area contributed by atoms with E-state index in [1.54, 1.807) is 0 Å². The minimum atomic E-state index is -0.588. The van der Waals surface area contributed by atoms with Crippen LogP contribution in [0, 0.1) is 11.8 Å². The maximum atomic E-state index is 11.1. The molecule has 1 fully saturated rings. The summed E-state index contributed by atoms with van der Waals surface area (Å²) in [5, 5.41) is 11.1. The van der Waals surface area contributed by atoms with Gasteiger partial charge in [0.25, 0.3) is 0 Å². The summed E-state index contributed by atoms with van der Waals surface area (Å²) < 4.78 is 0. The number of hydrogen-bond donors (Lipinski definition) is 1. The second-order valence-corrected chi connectivity index (χ2v) is 6.42. The van der Waals surface area contributed by atoms with Crippen LogP contribution in [0.1, 0.15) is 56.2 Å². The summed E-state index contributed by atoms with van der Waals surface area (Å²) in [6, 6.07) is 6.72. The van der Waals surface area contributed by atoms with E-state index in [-0.39, 0.29) is 0 Å². The van der Waals surface area contributed by atoms with Crippen molar-refractivity contribution >= 4 is 0 Å². The molecule has 1 aromatic carbocycles. The molecule has 1 heteroatoms. The van der Waals surface area contributed by atoms with Crippen LogP contribution >= 0.6 is 0 Å². The second kappa shape index (κ2) is 4.38. The summed E-state index contributed by atoms with van der Waals surface area (Å²) in [7, 11) is 0. The minimum absolute atomic E-state index is 0.366. The van der Waals surface area contributed by atoms with Crippen LogP contribution in [0.3, 0.4) is 0 Å². The topological polar surface area (TPSA) is 20.2 Å². The lowest BCUT2D eigenvalue weighted by molar-refractivity contribution is -0.0689. The van der Waals surface area contributed by atoms with Crippen molar-refractivity contribution < 1.29 is 5.11 Å². The Morgan fingerprint density at radius 3 is 2.72 bits per heavy atom. The Kier molecular flexibility index (Phi) is 2.97. The Balaban J connectivity index is 1.97. The van der Waals surface area contributed by atoms with Gasteiger partial charge in [0.15, 0.2) is 0 Å². The van der Waals surface area contributed by atoms with Gasteiger partial charge < -0.3 is 5.11 Å². The molecule has 0 saturated heterocycles. The highest BCUT2D eigenvalue weighted by molar-refractivity contribution is 5.38. The molecule has 2 aliphatic rings. The highest BCUT2D eigenvalue weighted by Crippen LogP contribution is 2.45. The molecule has 0 aromatic heterocycles. The first kappa shape index (κ1) is 12.2. The second-order valence-electron chi connectivity index (χ2n) is 6.42. The van der Waals surface area contributed by atoms with Gasteiger partial charge in [-0.1, -0.05) is 38.5 Å². The molecule has 0 bridgehead atoms. The smallest absolute Gasteiger partial charge is 0.0924 e. The fourth-order valence-corrected chi connectivity index (χ4v) is 3.89. The number of rotatable bonds is 1. The molecule has 1 saturated carbocycles. The number of hydrogen-bond acceptors (Lipinski definition) is 1. The Labute approximate surface area is 110 Å². The Morgan fingerprint density at radius 1 is 1.11 bits per heavy atom. The third-order valence-electron chi connectivity index (χ3n) is 5.42. The van der Waals surface area contributed by atoms with Crippen molar-refractivity contribution in [3.63, 3.8) is 0 Å². The van der Waals surface area contributed by atoms with Gasteiger partial charge in [0.1, 0.15) is 0 Å². The van der Waals surface area contributed by atoms with Crippen molar-refractivity contribution in [2.24, 2.45) is 11.8 Å². The molecule has 0 spiro atoms. The quantitative estimate of drug-likeness (QED) is 0.796. The van der Waals surface area contributed by atoms with Crippen LogP contribution in [0.2, 0.25) is 0 Å². The maximum Gasteiger partial charge on any atom is 0.0924 e. The van der Waals surface area contributed by atoms with E-state index in [0.29, 0.717) is 11.8 Å². The molecule has 0 aliphatic heterocycles. The van der Waals surface area contributed by atoms with E-state index in [9.17, 15) is 5.11 Å². The van der Waals surface area contributed by atoms with E-state index in [4.69, 9.17) is 0 Å². The van der Waals surface area contributed by atoms with E-state index in [1.165, 1.54) is 42.4 Å². The fraction of sp³-hybridized carbons (Fsp3) is 0.647. The van der Waals surface area contributed by atoms with Crippen molar-refractivity contribution in [3.8, 4) is 0 Å². The van der Waals surface area contributed by atoms with Gasteiger partial charge in [-0.15, -0.1) is 0 Å². The first-order valence-corrected chi connectivity index (χ1v) is 7.46. The highest BCUT2D eigenvalue weighted by atomic mass is 16.3. The first-order valence-electron chi connectivity index (χ1n) is 7.46. The molecule has 1 aromatic rings. The van der Waals surface area contributed by atoms with Crippen molar-refractivity contribution in [2.75, 3.05) is 0 Å². The average molecular weight is 244 g/mol. The minimum Gasteiger partial charge on any atom is -0.385 e. The molecule has 2 aliphatic carbocycles. The molecule has 1 N–H and O–H groups in total.